The lowest BCUT2D eigenvalue weighted by molar-refractivity contribution is -0.132. The van der Waals surface area contributed by atoms with E-state index in [-0.39, 0.29) is 17.7 Å². The summed E-state index contributed by atoms with van der Waals surface area (Å²) in [5, 5.41) is 0. The summed E-state index contributed by atoms with van der Waals surface area (Å²) in [6.45, 7) is 9.31. The second-order valence-electron chi connectivity index (χ2n) is 8.50. The van der Waals surface area contributed by atoms with E-state index in [2.05, 4.69) is 25.7 Å². The van der Waals surface area contributed by atoms with Crippen LogP contribution in [0.15, 0.2) is 4.99 Å². The summed E-state index contributed by atoms with van der Waals surface area (Å²) in [7, 11) is 3.59. The maximum absolute atomic E-state index is 13.3. The number of carbonyl (C=O) groups is 2. The van der Waals surface area contributed by atoms with Crippen LogP contribution in [0.25, 0.3) is 0 Å². The summed E-state index contributed by atoms with van der Waals surface area (Å²) in [4.78, 5) is 36.2. The van der Waals surface area contributed by atoms with Crippen molar-refractivity contribution >= 4 is 17.6 Å². The maximum atomic E-state index is 13.3. The quantitative estimate of drug-likeness (QED) is 0.756. The highest BCUT2D eigenvalue weighted by atomic mass is 16.2. The molecule has 0 bridgehead atoms. The number of rotatable bonds is 5. The number of fused-ring (bicyclic) bond motifs is 2. The van der Waals surface area contributed by atoms with E-state index in [9.17, 15) is 9.59 Å². The molecule has 0 aromatic rings. The fourth-order valence-electron chi connectivity index (χ4n) is 4.76. The number of carbonyl (C=O) groups excluding carboxylic acids is 2. The van der Waals surface area contributed by atoms with Crippen LogP contribution in [0, 0.1) is 17.8 Å². The summed E-state index contributed by atoms with van der Waals surface area (Å²) < 4.78 is 0. The van der Waals surface area contributed by atoms with Gasteiger partial charge >= 0.3 is 0 Å². The third-order valence-corrected chi connectivity index (χ3v) is 6.00. The molecule has 140 valence electrons. The Balaban J connectivity index is 1.78. The third kappa shape index (κ3) is 3.09. The number of hydrogen-bond acceptors (Lipinski definition) is 4. The van der Waals surface area contributed by atoms with E-state index in [0.717, 1.165) is 44.7 Å². The molecule has 3 aliphatic rings. The van der Waals surface area contributed by atoms with Gasteiger partial charge < -0.3 is 4.90 Å². The van der Waals surface area contributed by atoms with Crippen molar-refractivity contribution in [3.8, 4) is 0 Å². The van der Waals surface area contributed by atoms with E-state index in [4.69, 9.17) is 4.99 Å². The second kappa shape index (κ2) is 6.71. The molecular formula is C19H32N4O2. The van der Waals surface area contributed by atoms with E-state index < -0.39 is 5.54 Å². The number of nitrogens with zero attached hydrogens (tertiary/aromatic N) is 4. The van der Waals surface area contributed by atoms with E-state index in [1.807, 2.05) is 4.90 Å². The zero-order valence-corrected chi connectivity index (χ0v) is 16.3. The van der Waals surface area contributed by atoms with Gasteiger partial charge in [-0.05, 0) is 24.7 Å². The van der Waals surface area contributed by atoms with Crippen LogP contribution in [0.4, 0.5) is 0 Å². The van der Waals surface area contributed by atoms with Gasteiger partial charge in [-0.25, -0.2) is 0 Å². The van der Waals surface area contributed by atoms with Gasteiger partial charge in [-0.1, -0.05) is 20.8 Å². The Bertz CT molecular complexity index is 586. The van der Waals surface area contributed by atoms with Crippen LogP contribution < -0.4 is 0 Å². The average molecular weight is 348 g/mol. The number of amidine groups is 1. The molecule has 0 N–H and O–H groups in total. The van der Waals surface area contributed by atoms with Gasteiger partial charge in [-0.2, -0.15) is 0 Å². The van der Waals surface area contributed by atoms with E-state index in [1.165, 1.54) is 0 Å². The minimum Gasteiger partial charge on any atom is -0.348 e. The van der Waals surface area contributed by atoms with Crippen LogP contribution in [0.1, 0.15) is 40.0 Å². The molecule has 0 aromatic carbocycles. The molecule has 1 saturated carbocycles. The first-order chi connectivity index (χ1) is 11.8. The van der Waals surface area contributed by atoms with Crippen LogP contribution >= 0.6 is 0 Å². The van der Waals surface area contributed by atoms with Gasteiger partial charge in [0, 0.05) is 46.1 Å². The SMILES string of the molecule is CCC1=N[C@@]2(CC[C@@H]3CN(CC(=O)N(C)C)C[C@@H]32)C(=O)N1CC(C)C. The highest BCUT2D eigenvalue weighted by Crippen LogP contribution is 2.50. The molecule has 25 heavy (non-hydrogen) atoms. The van der Waals surface area contributed by atoms with Crippen molar-refractivity contribution < 1.29 is 9.59 Å². The summed E-state index contributed by atoms with van der Waals surface area (Å²) in [5.74, 6) is 2.48. The predicted molar refractivity (Wildman–Crippen MR) is 98.4 cm³/mol. The standard InChI is InChI=1S/C19H32N4O2/c1-6-16-20-19(18(25)23(16)9-13(2)3)8-7-14-10-22(11-15(14)19)12-17(24)21(4)5/h13-15H,6-12H2,1-5H3/t14-,15+,19-/m1/s1. The van der Waals surface area contributed by atoms with Gasteiger partial charge in [0.25, 0.3) is 5.91 Å². The molecule has 2 fully saturated rings. The Kier molecular flexibility index (Phi) is 4.93. The number of likely N-dealkylation sites (N-methyl/N-ethyl adjacent to an activating group) is 1. The highest BCUT2D eigenvalue weighted by molar-refractivity contribution is 6.08. The summed E-state index contributed by atoms with van der Waals surface area (Å²) >= 11 is 0. The van der Waals surface area contributed by atoms with Crippen molar-refractivity contribution in [3.05, 3.63) is 0 Å². The first-order valence-corrected chi connectivity index (χ1v) is 9.61. The number of likely N-dealkylation sites (tertiary alicyclic amines) is 1. The van der Waals surface area contributed by atoms with Crippen LogP contribution in [-0.2, 0) is 9.59 Å². The van der Waals surface area contributed by atoms with Crippen molar-refractivity contribution in [1.29, 1.82) is 0 Å². The molecule has 6 nitrogen and oxygen atoms in total. The molecule has 3 rings (SSSR count). The summed E-state index contributed by atoms with van der Waals surface area (Å²) in [5.41, 5.74) is -0.555. The molecule has 6 heteroatoms. The van der Waals surface area contributed by atoms with Crippen LogP contribution in [0.2, 0.25) is 0 Å². The van der Waals surface area contributed by atoms with Crippen LogP contribution in [-0.4, -0.2) is 78.2 Å². The first kappa shape index (κ1) is 18.4. The van der Waals surface area contributed by atoms with Crippen molar-refractivity contribution in [2.24, 2.45) is 22.7 Å². The minimum atomic E-state index is -0.555. The molecule has 2 heterocycles. The van der Waals surface area contributed by atoms with E-state index in [1.54, 1.807) is 19.0 Å². The maximum Gasteiger partial charge on any atom is 0.256 e. The largest absolute Gasteiger partial charge is 0.348 e. The lowest BCUT2D eigenvalue weighted by Crippen LogP contribution is -2.48. The zero-order valence-electron chi connectivity index (χ0n) is 16.3. The number of aliphatic imine (C=N–C) groups is 1. The topological polar surface area (TPSA) is 56.2 Å². The number of hydrogen-bond donors (Lipinski definition) is 0. The van der Waals surface area contributed by atoms with Crippen molar-refractivity contribution in [2.75, 3.05) is 40.3 Å². The Labute approximate surface area is 151 Å². The van der Waals surface area contributed by atoms with Crippen molar-refractivity contribution in [2.45, 2.75) is 45.6 Å². The smallest absolute Gasteiger partial charge is 0.256 e. The molecule has 1 aliphatic carbocycles. The fourth-order valence-corrected chi connectivity index (χ4v) is 4.76. The highest BCUT2D eigenvalue weighted by Gasteiger charge is 2.60. The van der Waals surface area contributed by atoms with E-state index >= 15 is 0 Å². The van der Waals surface area contributed by atoms with Gasteiger partial charge in [0.2, 0.25) is 5.91 Å². The molecule has 1 saturated heterocycles. The average Bonchev–Trinajstić information content (AvgIpc) is 3.16. The molecule has 2 aliphatic heterocycles. The fraction of sp³-hybridized carbons (Fsp3) is 0.842. The molecule has 1 spiro atoms. The van der Waals surface area contributed by atoms with Crippen LogP contribution in [0.5, 0.6) is 0 Å². The van der Waals surface area contributed by atoms with Gasteiger partial charge in [0.1, 0.15) is 11.4 Å². The monoisotopic (exact) mass is 348 g/mol. The Hall–Kier alpha value is -1.43. The number of amides is 2. The van der Waals surface area contributed by atoms with Gasteiger partial charge in [-0.15, -0.1) is 0 Å². The first-order valence-electron chi connectivity index (χ1n) is 9.61. The predicted octanol–water partition coefficient (Wildman–Crippen LogP) is 1.46. The third-order valence-electron chi connectivity index (χ3n) is 6.00. The molecule has 0 radical (unpaired) electrons. The van der Waals surface area contributed by atoms with Gasteiger partial charge in [0.05, 0.1) is 6.54 Å². The lowest BCUT2D eigenvalue weighted by Gasteiger charge is -2.29. The summed E-state index contributed by atoms with van der Waals surface area (Å²) in [6.07, 6.45) is 2.72. The van der Waals surface area contributed by atoms with Crippen LogP contribution in [0.3, 0.4) is 0 Å². The normalized spacial score (nSPS) is 32.0. The van der Waals surface area contributed by atoms with Crippen molar-refractivity contribution in [3.63, 3.8) is 0 Å². The summed E-state index contributed by atoms with van der Waals surface area (Å²) in [6, 6.07) is 0. The second-order valence-corrected chi connectivity index (χ2v) is 8.50. The molecule has 0 aromatic heterocycles. The van der Waals surface area contributed by atoms with Gasteiger partial charge in [-0.3, -0.25) is 24.4 Å². The molecule has 3 atom stereocenters. The molecule has 2 amide bonds. The Morgan fingerprint density at radius 1 is 1.36 bits per heavy atom. The van der Waals surface area contributed by atoms with Gasteiger partial charge in [0.15, 0.2) is 0 Å². The molecule has 0 unspecified atom stereocenters. The Morgan fingerprint density at radius 3 is 2.68 bits per heavy atom. The zero-order chi connectivity index (χ0) is 18.4. The minimum absolute atomic E-state index is 0.131. The van der Waals surface area contributed by atoms with E-state index in [0.29, 0.717) is 18.4 Å². The molecular weight excluding hydrogens is 316 g/mol. The lowest BCUT2D eigenvalue weighted by atomic mass is 9.85. The van der Waals surface area contributed by atoms with Crippen molar-refractivity contribution in [1.82, 2.24) is 14.7 Å². The Morgan fingerprint density at radius 2 is 2.08 bits per heavy atom.